The molecule has 0 spiro atoms. The minimum atomic E-state index is 0. The van der Waals surface area contributed by atoms with Crippen molar-refractivity contribution in [2.24, 2.45) is 22.7 Å². The number of nitrogens with one attached hydrogen (secondary N) is 1. The van der Waals surface area contributed by atoms with Crippen molar-refractivity contribution in [3.05, 3.63) is 0 Å². The fourth-order valence-corrected chi connectivity index (χ4v) is 3.80. The van der Waals surface area contributed by atoms with Crippen molar-refractivity contribution in [2.45, 2.75) is 39.0 Å². The number of hydrogen-bond acceptors (Lipinski definition) is 2. The van der Waals surface area contributed by atoms with Gasteiger partial charge in [-0.15, -0.1) is 24.0 Å². The fraction of sp³-hybridized carbons (Fsp3) is 0.941. The fourth-order valence-electron chi connectivity index (χ4n) is 3.80. The Kier molecular flexibility index (Phi) is 9.05. The van der Waals surface area contributed by atoms with Gasteiger partial charge < -0.3 is 15.1 Å². The summed E-state index contributed by atoms with van der Waals surface area (Å²) in [6.07, 6.45) is 6.88. The van der Waals surface area contributed by atoms with Gasteiger partial charge in [0.25, 0.3) is 0 Å². The summed E-state index contributed by atoms with van der Waals surface area (Å²) in [4.78, 5) is 9.22. The van der Waals surface area contributed by atoms with Gasteiger partial charge in [-0.3, -0.25) is 4.99 Å². The van der Waals surface area contributed by atoms with E-state index in [1.54, 1.807) is 0 Å². The Labute approximate surface area is 154 Å². The van der Waals surface area contributed by atoms with Crippen molar-refractivity contribution >= 4 is 29.9 Å². The van der Waals surface area contributed by atoms with E-state index in [1.165, 1.54) is 45.2 Å². The van der Waals surface area contributed by atoms with E-state index in [9.17, 15) is 0 Å². The van der Waals surface area contributed by atoms with Gasteiger partial charge in [0, 0.05) is 33.7 Å². The average molecular weight is 422 g/mol. The Balaban J connectivity index is 0.00000242. The van der Waals surface area contributed by atoms with Crippen LogP contribution in [-0.2, 0) is 0 Å². The predicted molar refractivity (Wildman–Crippen MR) is 106 cm³/mol. The van der Waals surface area contributed by atoms with E-state index in [2.05, 4.69) is 41.1 Å². The van der Waals surface area contributed by atoms with Crippen molar-refractivity contribution in [1.29, 1.82) is 0 Å². The molecule has 130 valence electrons. The third-order valence-electron chi connectivity index (χ3n) is 5.28. The Morgan fingerprint density at radius 2 is 1.86 bits per heavy atom. The van der Waals surface area contributed by atoms with E-state index < -0.39 is 0 Å². The van der Waals surface area contributed by atoms with Gasteiger partial charge in [0.15, 0.2) is 5.96 Å². The summed E-state index contributed by atoms with van der Waals surface area (Å²) in [5, 5.41) is 3.58. The van der Waals surface area contributed by atoms with Gasteiger partial charge in [-0.05, 0) is 50.6 Å². The zero-order valence-corrected chi connectivity index (χ0v) is 17.2. The molecular formula is C17H35IN4. The normalized spacial score (nSPS) is 30.0. The molecule has 0 aromatic heterocycles. The van der Waals surface area contributed by atoms with Crippen LogP contribution in [0, 0.1) is 17.8 Å². The highest BCUT2D eigenvalue weighted by Gasteiger charge is 2.22. The summed E-state index contributed by atoms with van der Waals surface area (Å²) in [5.41, 5.74) is 0. The first-order chi connectivity index (χ1) is 10.1. The quantitative estimate of drug-likeness (QED) is 0.430. The van der Waals surface area contributed by atoms with Crippen LogP contribution >= 0.6 is 24.0 Å². The van der Waals surface area contributed by atoms with E-state index in [0.29, 0.717) is 0 Å². The molecule has 2 fully saturated rings. The van der Waals surface area contributed by atoms with Crippen molar-refractivity contribution in [2.75, 3.05) is 47.3 Å². The molecule has 0 radical (unpaired) electrons. The molecule has 1 aliphatic carbocycles. The van der Waals surface area contributed by atoms with Gasteiger partial charge in [0.2, 0.25) is 0 Å². The number of guanidine groups is 1. The molecule has 1 heterocycles. The average Bonchev–Trinajstić information content (AvgIpc) is 2.88. The molecule has 2 aliphatic rings. The lowest BCUT2D eigenvalue weighted by Crippen LogP contribution is -2.43. The van der Waals surface area contributed by atoms with Crippen LogP contribution in [-0.4, -0.2) is 63.1 Å². The van der Waals surface area contributed by atoms with Gasteiger partial charge in [0.05, 0.1) is 0 Å². The lowest BCUT2D eigenvalue weighted by Gasteiger charge is -2.31. The molecule has 1 N–H and O–H groups in total. The zero-order valence-electron chi connectivity index (χ0n) is 14.8. The number of rotatable bonds is 4. The predicted octanol–water partition coefficient (Wildman–Crippen LogP) is 2.89. The number of aliphatic imine (C=N–C) groups is 1. The van der Waals surface area contributed by atoms with Crippen LogP contribution in [0.5, 0.6) is 0 Å². The summed E-state index contributed by atoms with van der Waals surface area (Å²) in [6.45, 7) is 7.05. The molecule has 1 saturated carbocycles. The van der Waals surface area contributed by atoms with Gasteiger partial charge in [-0.1, -0.05) is 19.8 Å². The first-order valence-corrected chi connectivity index (χ1v) is 8.68. The van der Waals surface area contributed by atoms with Crippen LogP contribution in [0.3, 0.4) is 0 Å². The number of halogens is 1. The maximum atomic E-state index is 4.47. The molecule has 1 aliphatic heterocycles. The molecule has 0 bridgehead atoms. The number of likely N-dealkylation sites (tertiary alicyclic amines) is 1. The van der Waals surface area contributed by atoms with Crippen molar-refractivity contribution < 1.29 is 0 Å². The number of nitrogens with zero attached hydrogens (tertiary/aromatic N) is 3. The smallest absolute Gasteiger partial charge is 0.193 e. The first kappa shape index (κ1) is 20.0. The molecule has 22 heavy (non-hydrogen) atoms. The number of hydrogen-bond donors (Lipinski definition) is 1. The van der Waals surface area contributed by atoms with Crippen LogP contribution in [0.25, 0.3) is 0 Å². The first-order valence-electron chi connectivity index (χ1n) is 8.68. The van der Waals surface area contributed by atoms with E-state index in [0.717, 1.165) is 36.8 Å². The summed E-state index contributed by atoms with van der Waals surface area (Å²) >= 11 is 0. The molecule has 0 aromatic rings. The SMILES string of the molecule is CN=C(NCC1CCN(C)C1)N(C)CC1CCC(C)CC1.I. The lowest BCUT2D eigenvalue weighted by atomic mass is 9.83. The van der Waals surface area contributed by atoms with E-state index in [4.69, 9.17) is 0 Å². The van der Waals surface area contributed by atoms with Crippen LogP contribution in [0.15, 0.2) is 4.99 Å². The minimum Gasteiger partial charge on any atom is -0.356 e. The highest BCUT2D eigenvalue weighted by atomic mass is 127. The monoisotopic (exact) mass is 422 g/mol. The zero-order chi connectivity index (χ0) is 15.2. The summed E-state index contributed by atoms with van der Waals surface area (Å²) < 4.78 is 0. The largest absolute Gasteiger partial charge is 0.356 e. The molecular weight excluding hydrogens is 387 g/mol. The molecule has 4 nitrogen and oxygen atoms in total. The van der Waals surface area contributed by atoms with E-state index >= 15 is 0 Å². The Bertz CT molecular complexity index is 340. The van der Waals surface area contributed by atoms with Gasteiger partial charge in [-0.2, -0.15) is 0 Å². The van der Waals surface area contributed by atoms with E-state index in [-0.39, 0.29) is 24.0 Å². The topological polar surface area (TPSA) is 30.9 Å². The second-order valence-corrected chi connectivity index (χ2v) is 7.35. The maximum Gasteiger partial charge on any atom is 0.193 e. The highest BCUT2D eigenvalue weighted by Crippen LogP contribution is 2.28. The molecule has 1 saturated heterocycles. The third kappa shape index (κ3) is 6.22. The van der Waals surface area contributed by atoms with Gasteiger partial charge >= 0.3 is 0 Å². The molecule has 2 rings (SSSR count). The Morgan fingerprint density at radius 1 is 1.18 bits per heavy atom. The summed E-state index contributed by atoms with van der Waals surface area (Å²) in [7, 11) is 6.31. The standard InChI is InChI=1S/C17H34N4.HI/c1-14-5-7-15(8-6-14)13-21(4)17(18-2)19-11-16-9-10-20(3)12-16;/h14-16H,5-13H2,1-4H3,(H,18,19);1H. The Hall–Kier alpha value is -0.0400. The molecule has 1 unspecified atom stereocenters. The third-order valence-corrected chi connectivity index (χ3v) is 5.28. The molecule has 0 amide bonds. The second-order valence-electron chi connectivity index (χ2n) is 7.35. The summed E-state index contributed by atoms with van der Waals surface area (Å²) in [6, 6.07) is 0. The van der Waals surface area contributed by atoms with Gasteiger partial charge in [-0.25, -0.2) is 0 Å². The lowest BCUT2D eigenvalue weighted by molar-refractivity contribution is 0.249. The van der Waals surface area contributed by atoms with Crippen molar-refractivity contribution in [3.63, 3.8) is 0 Å². The van der Waals surface area contributed by atoms with Crippen LogP contribution in [0.1, 0.15) is 39.0 Å². The van der Waals surface area contributed by atoms with Crippen molar-refractivity contribution in [3.8, 4) is 0 Å². The van der Waals surface area contributed by atoms with Crippen LogP contribution in [0.4, 0.5) is 0 Å². The van der Waals surface area contributed by atoms with Crippen LogP contribution < -0.4 is 5.32 Å². The molecule has 1 atom stereocenters. The highest BCUT2D eigenvalue weighted by molar-refractivity contribution is 14.0. The van der Waals surface area contributed by atoms with Crippen LogP contribution in [0.2, 0.25) is 0 Å². The van der Waals surface area contributed by atoms with Crippen molar-refractivity contribution in [1.82, 2.24) is 15.1 Å². The molecule has 0 aromatic carbocycles. The van der Waals surface area contributed by atoms with Gasteiger partial charge in [0.1, 0.15) is 0 Å². The Morgan fingerprint density at radius 3 is 2.41 bits per heavy atom. The second kappa shape index (κ2) is 9.96. The summed E-state index contributed by atoms with van der Waals surface area (Å²) in [5.74, 6) is 3.63. The minimum absolute atomic E-state index is 0. The van der Waals surface area contributed by atoms with E-state index in [1.807, 2.05) is 7.05 Å². The maximum absolute atomic E-state index is 4.47. The molecule has 5 heteroatoms.